The van der Waals surface area contributed by atoms with Crippen LogP contribution < -0.4 is 5.32 Å². The standard InChI is InChI=1S/C10H18FN/c11-7-10(12-9-5-6-9)8-3-1-2-4-8/h8-10,12H,1-7H2. The van der Waals surface area contributed by atoms with Crippen molar-refractivity contribution < 1.29 is 4.39 Å². The van der Waals surface area contributed by atoms with Gasteiger partial charge in [0.15, 0.2) is 0 Å². The Bertz CT molecular complexity index is 139. The van der Waals surface area contributed by atoms with Crippen LogP contribution in [0.5, 0.6) is 0 Å². The van der Waals surface area contributed by atoms with Crippen LogP contribution in [-0.4, -0.2) is 18.8 Å². The first-order chi connectivity index (χ1) is 5.90. The summed E-state index contributed by atoms with van der Waals surface area (Å²) in [4.78, 5) is 0. The van der Waals surface area contributed by atoms with E-state index in [2.05, 4.69) is 5.32 Å². The average Bonchev–Trinajstić information content (AvgIpc) is 2.74. The third-order valence-electron chi connectivity index (χ3n) is 3.16. The van der Waals surface area contributed by atoms with Crippen LogP contribution in [0.1, 0.15) is 38.5 Å². The van der Waals surface area contributed by atoms with Gasteiger partial charge < -0.3 is 5.32 Å². The van der Waals surface area contributed by atoms with Crippen LogP contribution in [0.15, 0.2) is 0 Å². The topological polar surface area (TPSA) is 12.0 Å². The van der Waals surface area contributed by atoms with Gasteiger partial charge >= 0.3 is 0 Å². The van der Waals surface area contributed by atoms with Crippen molar-refractivity contribution in [3.05, 3.63) is 0 Å². The summed E-state index contributed by atoms with van der Waals surface area (Å²) >= 11 is 0. The SMILES string of the molecule is FCC(NC1CC1)C1CCCC1. The second kappa shape index (κ2) is 3.73. The van der Waals surface area contributed by atoms with E-state index >= 15 is 0 Å². The lowest BCUT2D eigenvalue weighted by Crippen LogP contribution is -2.38. The fourth-order valence-corrected chi connectivity index (χ4v) is 2.22. The van der Waals surface area contributed by atoms with Crippen LogP contribution in [0.3, 0.4) is 0 Å². The lowest BCUT2D eigenvalue weighted by atomic mass is 9.99. The molecule has 12 heavy (non-hydrogen) atoms. The molecule has 0 radical (unpaired) electrons. The zero-order chi connectivity index (χ0) is 8.39. The fraction of sp³-hybridized carbons (Fsp3) is 1.00. The molecule has 1 atom stereocenters. The van der Waals surface area contributed by atoms with E-state index in [0.29, 0.717) is 12.0 Å². The Kier molecular flexibility index (Phi) is 2.64. The summed E-state index contributed by atoms with van der Waals surface area (Å²) in [6.07, 6.45) is 7.65. The molecule has 2 heteroatoms. The Morgan fingerprint density at radius 3 is 2.33 bits per heavy atom. The molecule has 2 aliphatic carbocycles. The molecule has 0 spiro atoms. The normalized spacial score (nSPS) is 27.8. The van der Waals surface area contributed by atoms with Gasteiger partial charge in [0.1, 0.15) is 6.67 Å². The van der Waals surface area contributed by atoms with Gasteiger partial charge in [-0.1, -0.05) is 12.8 Å². The maximum Gasteiger partial charge on any atom is 0.105 e. The monoisotopic (exact) mass is 171 g/mol. The van der Waals surface area contributed by atoms with Crippen LogP contribution in [0.25, 0.3) is 0 Å². The smallest absolute Gasteiger partial charge is 0.105 e. The molecule has 2 saturated carbocycles. The molecule has 0 aromatic heterocycles. The maximum absolute atomic E-state index is 12.6. The van der Waals surface area contributed by atoms with Gasteiger partial charge in [0, 0.05) is 12.1 Å². The van der Waals surface area contributed by atoms with Crippen LogP contribution >= 0.6 is 0 Å². The molecule has 2 aliphatic rings. The van der Waals surface area contributed by atoms with Crippen molar-refractivity contribution >= 4 is 0 Å². The van der Waals surface area contributed by atoms with Gasteiger partial charge in [-0.3, -0.25) is 0 Å². The van der Waals surface area contributed by atoms with E-state index in [1.165, 1.54) is 38.5 Å². The average molecular weight is 171 g/mol. The van der Waals surface area contributed by atoms with Crippen molar-refractivity contribution in [1.82, 2.24) is 5.32 Å². The second-order valence-corrected chi connectivity index (χ2v) is 4.25. The maximum atomic E-state index is 12.6. The number of nitrogens with one attached hydrogen (secondary N) is 1. The molecule has 0 saturated heterocycles. The van der Waals surface area contributed by atoms with Crippen LogP contribution in [0.2, 0.25) is 0 Å². The van der Waals surface area contributed by atoms with Crippen LogP contribution in [-0.2, 0) is 0 Å². The van der Waals surface area contributed by atoms with Gasteiger partial charge in [0.05, 0.1) is 0 Å². The molecule has 1 unspecified atom stereocenters. The Balaban J connectivity index is 1.78. The summed E-state index contributed by atoms with van der Waals surface area (Å²) in [7, 11) is 0. The van der Waals surface area contributed by atoms with Crippen molar-refractivity contribution in [3.8, 4) is 0 Å². The second-order valence-electron chi connectivity index (χ2n) is 4.25. The van der Waals surface area contributed by atoms with E-state index in [1.54, 1.807) is 0 Å². The molecular formula is C10H18FN. The lowest BCUT2D eigenvalue weighted by molar-refractivity contribution is 0.284. The number of hydrogen-bond donors (Lipinski definition) is 1. The molecule has 1 nitrogen and oxygen atoms in total. The molecule has 0 aromatic rings. The zero-order valence-corrected chi connectivity index (χ0v) is 7.56. The Morgan fingerprint density at radius 2 is 1.83 bits per heavy atom. The molecule has 0 heterocycles. The summed E-state index contributed by atoms with van der Waals surface area (Å²) in [5.41, 5.74) is 0. The zero-order valence-electron chi connectivity index (χ0n) is 7.56. The van der Waals surface area contributed by atoms with E-state index in [0.717, 1.165) is 0 Å². The molecule has 0 amide bonds. The van der Waals surface area contributed by atoms with E-state index in [-0.39, 0.29) is 12.7 Å². The number of halogens is 1. The highest BCUT2D eigenvalue weighted by Crippen LogP contribution is 2.30. The highest BCUT2D eigenvalue weighted by molar-refractivity contribution is 4.88. The predicted octanol–water partition coefficient (Wildman–Crippen LogP) is 2.27. The van der Waals surface area contributed by atoms with Crippen molar-refractivity contribution in [3.63, 3.8) is 0 Å². The minimum absolute atomic E-state index is 0.166. The molecule has 1 N–H and O–H groups in total. The van der Waals surface area contributed by atoms with E-state index in [9.17, 15) is 4.39 Å². The summed E-state index contributed by atoms with van der Waals surface area (Å²) < 4.78 is 12.6. The fourth-order valence-electron chi connectivity index (χ4n) is 2.22. The first kappa shape index (κ1) is 8.49. The first-order valence-corrected chi connectivity index (χ1v) is 5.22. The Morgan fingerprint density at radius 1 is 1.17 bits per heavy atom. The highest BCUT2D eigenvalue weighted by Gasteiger charge is 2.30. The third-order valence-corrected chi connectivity index (χ3v) is 3.16. The molecule has 0 aromatic carbocycles. The van der Waals surface area contributed by atoms with Crippen LogP contribution in [0.4, 0.5) is 4.39 Å². The Hall–Kier alpha value is -0.110. The molecule has 0 bridgehead atoms. The summed E-state index contributed by atoms with van der Waals surface area (Å²) in [6, 6.07) is 0.839. The molecular weight excluding hydrogens is 153 g/mol. The van der Waals surface area contributed by atoms with E-state index < -0.39 is 0 Å². The predicted molar refractivity (Wildman–Crippen MR) is 47.9 cm³/mol. The number of rotatable bonds is 4. The minimum Gasteiger partial charge on any atom is -0.308 e. The van der Waals surface area contributed by atoms with E-state index in [1.807, 2.05) is 0 Å². The number of alkyl halides is 1. The summed E-state index contributed by atoms with van der Waals surface area (Å²) in [5.74, 6) is 0.635. The quantitative estimate of drug-likeness (QED) is 0.684. The van der Waals surface area contributed by atoms with Crippen molar-refractivity contribution in [2.75, 3.05) is 6.67 Å². The molecule has 2 fully saturated rings. The lowest BCUT2D eigenvalue weighted by Gasteiger charge is -2.21. The van der Waals surface area contributed by atoms with Crippen LogP contribution in [0, 0.1) is 5.92 Å². The third kappa shape index (κ3) is 1.98. The van der Waals surface area contributed by atoms with Crippen molar-refractivity contribution in [1.29, 1.82) is 0 Å². The molecule has 70 valence electrons. The van der Waals surface area contributed by atoms with Crippen molar-refractivity contribution in [2.24, 2.45) is 5.92 Å². The number of hydrogen-bond acceptors (Lipinski definition) is 1. The van der Waals surface area contributed by atoms with Crippen molar-refractivity contribution in [2.45, 2.75) is 50.6 Å². The van der Waals surface area contributed by atoms with Gasteiger partial charge in [0.2, 0.25) is 0 Å². The first-order valence-electron chi connectivity index (χ1n) is 5.22. The van der Waals surface area contributed by atoms with Gasteiger partial charge in [-0.15, -0.1) is 0 Å². The largest absolute Gasteiger partial charge is 0.308 e. The summed E-state index contributed by atoms with van der Waals surface area (Å²) in [6.45, 7) is -0.166. The molecule has 2 rings (SSSR count). The van der Waals surface area contributed by atoms with Gasteiger partial charge in [-0.25, -0.2) is 4.39 Å². The Labute approximate surface area is 73.7 Å². The summed E-state index contributed by atoms with van der Waals surface area (Å²) in [5, 5.41) is 3.41. The highest BCUT2D eigenvalue weighted by atomic mass is 19.1. The van der Waals surface area contributed by atoms with E-state index in [4.69, 9.17) is 0 Å². The van der Waals surface area contributed by atoms with Gasteiger partial charge in [-0.2, -0.15) is 0 Å². The molecule has 0 aliphatic heterocycles. The van der Waals surface area contributed by atoms with Gasteiger partial charge in [0.25, 0.3) is 0 Å². The minimum atomic E-state index is -0.166. The van der Waals surface area contributed by atoms with Gasteiger partial charge in [-0.05, 0) is 31.6 Å².